The van der Waals surface area contributed by atoms with Crippen LogP contribution in [0.4, 0.5) is 0 Å². The molecule has 0 bridgehead atoms. The van der Waals surface area contributed by atoms with E-state index in [1.54, 1.807) is 0 Å². The van der Waals surface area contributed by atoms with Crippen molar-refractivity contribution in [3.8, 4) is 0 Å². The van der Waals surface area contributed by atoms with E-state index in [1.165, 1.54) is 0 Å². The molecule has 1 aromatic rings. The molecule has 1 aromatic carbocycles. The Morgan fingerprint density at radius 3 is 1.75 bits per heavy atom. The van der Waals surface area contributed by atoms with Crippen molar-refractivity contribution in [1.82, 2.24) is 0 Å². The van der Waals surface area contributed by atoms with Crippen LogP contribution >= 0.6 is 0 Å². The summed E-state index contributed by atoms with van der Waals surface area (Å²) in [5.41, 5.74) is 0. The van der Waals surface area contributed by atoms with E-state index in [-0.39, 0.29) is 29.6 Å². The van der Waals surface area contributed by atoms with Crippen LogP contribution in [-0.4, -0.2) is 0 Å². The molecule has 0 aliphatic rings. The van der Waals surface area contributed by atoms with E-state index in [2.05, 4.69) is 0 Å². The summed E-state index contributed by atoms with van der Waals surface area (Å²) in [4.78, 5) is 0.905. The first kappa shape index (κ1) is 8.44. The molecule has 0 N–H and O–H groups in total. The molecule has 0 aliphatic heterocycles. The maximum Gasteiger partial charge on any atom is 1.00 e. The van der Waals surface area contributed by atoms with Crippen molar-refractivity contribution in [2.24, 2.45) is 0 Å². The monoisotopic (exact) mass is 132 g/mol. The van der Waals surface area contributed by atoms with Gasteiger partial charge in [-0.05, 0) is 0 Å². The Morgan fingerprint density at radius 2 is 1.50 bits per heavy atom. The normalized spacial score (nSPS) is 7.50. The summed E-state index contributed by atoms with van der Waals surface area (Å²) in [5.74, 6) is 0. The zero-order chi connectivity index (χ0) is 5.11. The van der Waals surface area contributed by atoms with Crippen LogP contribution < -0.4 is 29.6 Å². The van der Waals surface area contributed by atoms with Crippen LogP contribution in [0, 0.1) is 0 Å². The Balaban J connectivity index is 0.000000490. The average Bonchev–Trinajstić information content (AvgIpc) is 1.69. The van der Waals surface area contributed by atoms with E-state index in [0.29, 0.717) is 0 Å². The van der Waals surface area contributed by atoms with Crippen LogP contribution in [0.5, 0.6) is 0 Å². The van der Waals surface area contributed by atoms with Gasteiger partial charge in [0.1, 0.15) is 0 Å². The molecule has 0 unspecified atom stereocenters. The molecule has 0 saturated carbocycles. The summed E-state index contributed by atoms with van der Waals surface area (Å²) in [6, 6.07) is 9.62. The fourth-order valence-electron chi connectivity index (χ4n) is 0.420. The number of hydrogen-bond acceptors (Lipinski definition) is 1. The van der Waals surface area contributed by atoms with Gasteiger partial charge in [0.2, 0.25) is 0 Å². The fraction of sp³-hybridized carbons (Fsp3) is 0. The van der Waals surface area contributed by atoms with Crippen molar-refractivity contribution in [3.63, 3.8) is 0 Å². The molecule has 0 spiro atoms. The second-order valence-corrected chi connectivity index (χ2v) is 1.78. The molecule has 0 aliphatic carbocycles. The van der Waals surface area contributed by atoms with Crippen molar-refractivity contribution in [2.75, 3.05) is 0 Å². The standard InChI is InChI=1S/C6H6S.Na/c7-6-4-2-1-3-5-6;/h1-5,7H;/q;+1/p-1. The van der Waals surface area contributed by atoms with Gasteiger partial charge in [-0.1, -0.05) is 30.3 Å². The summed E-state index contributed by atoms with van der Waals surface area (Å²) in [6.07, 6.45) is 0. The molecule has 0 heterocycles. The summed E-state index contributed by atoms with van der Waals surface area (Å²) in [6.45, 7) is 0. The van der Waals surface area contributed by atoms with Crippen LogP contribution in [0.3, 0.4) is 0 Å². The predicted octanol–water partition coefficient (Wildman–Crippen LogP) is -1.40. The largest absolute Gasteiger partial charge is 1.00 e. The zero-order valence-corrected chi connectivity index (χ0v) is 7.61. The van der Waals surface area contributed by atoms with E-state index in [4.69, 9.17) is 12.6 Å². The first-order valence-electron chi connectivity index (χ1n) is 2.11. The van der Waals surface area contributed by atoms with E-state index < -0.39 is 0 Å². The Bertz CT molecular complexity index is 138. The minimum Gasteiger partial charge on any atom is -0.780 e. The molecular weight excluding hydrogens is 127 g/mol. The third-order valence-corrected chi connectivity index (χ3v) is 1.02. The van der Waals surface area contributed by atoms with Gasteiger partial charge in [0.25, 0.3) is 0 Å². The molecule has 0 fully saturated rings. The maximum atomic E-state index is 4.81. The van der Waals surface area contributed by atoms with Gasteiger partial charge in [0.15, 0.2) is 0 Å². The maximum absolute atomic E-state index is 4.81. The number of benzene rings is 1. The molecule has 0 aromatic heterocycles. The average molecular weight is 132 g/mol. The van der Waals surface area contributed by atoms with Gasteiger partial charge in [0.05, 0.1) is 0 Å². The third-order valence-electron chi connectivity index (χ3n) is 0.743. The summed E-state index contributed by atoms with van der Waals surface area (Å²) in [7, 11) is 0. The second-order valence-electron chi connectivity index (χ2n) is 1.31. The molecule has 2 heteroatoms. The minimum absolute atomic E-state index is 0. The molecular formula is C6H5NaS. The minimum atomic E-state index is 0. The summed E-state index contributed by atoms with van der Waals surface area (Å²) >= 11 is 4.81. The third kappa shape index (κ3) is 2.68. The van der Waals surface area contributed by atoms with Crippen LogP contribution in [0.2, 0.25) is 0 Å². The zero-order valence-electron chi connectivity index (χ0n) is 4.79. The Kier molecular flexibility index (Phi) is 4.57. The smallest absolute Gasteiger partial charge is 0.780 e. The SMILES string of the molecule is [Na+].[S-]c1ccccc1. The number of rotatable bonds is 0. The van der Waals surface area contributed by atoms with Crippen molar-refractivity contribution in [2.45, 2.75) is 4.90 Å². The van der Waals surface area contributed by atoms with Gasteiger partial charge >= 0.3 is 29.6 Å². The van der Waals surface area contributed by atoms with E-state index >= 15 is 0 Å². The van der Waals surface area contributed by atoms with Gasteiger partial charge in [-0.15, -0.1) is 0 Å². The molecule has 0 radical (unpaired) electrons. The first-order chi connectivity index (χ1) is 3.39. The number of hydrogen-bond donors (Lipinski definition) is 0. The van der Waals surface area contributed by atoms with Gasteiger partial charge in [-0.3, -0.25) is 0 Å². The van der Waals surface area contributed by atoms with Crippen LogP contribution in [0.25, 0.3) is 0 Å². The van der Waals surface area contributed by atoms with Crippen molar-refractivity contribution in [1.29, 1.82) is 0 Å². The topological polar surface area (TPSA) is 0 Å². The van der Waals surface area contributed by atoms with Gasteiger partial charge in [0, 0.05) is 0 Å². The Labute approximate surface area is 77.0 Å². The molecule has 0 atom stereocenters. The van der Waals surface area contributed by atoms with Crippen LogP contribution in [-0.2, 0) is 12.6 Å². The molecule has 0 saturated heterocycles. The van der Waals surface area contributed by atoms with Crippen LogP contribution in [0.15, 0.2) is 35.2 Å². The van der Waals surface area contributed by atoms with E-state index in [0.717, 1.165) is 4.90 Å². The van der Waals surface area contributed by atoms with Crippen molar-refractivity contribution < 1.29 is 29.6 Å². The van der Waals surface area contributed by atoms with E-state index in [1.807, 2.05) is 30.3 Å². The van der Waals surface area contributed by atoms with Gasteiger partial charge in [-0.2, -0.15) is 4.90 Å². The van der Waals surface area contributed by atoms with Gasteiger partial charge < -0.3 is 12.6 Å². The summed E-state index contributed by atoms with van der Waals surface area (Å²) < 4.78 is 0. The first-order valence-corrected chi connectivity index (χ1v) is 2.52. The fourth-order valence-corrected chi connectivity index (χ4v) is 0.578. The summed E-state index contributed by atoms with van der Waals surface area (Å²) in [5, 5.41) is 0. The van der Waals surface area contributed by atoms with Gasteiger partial charge in [-0.25, -0.2) is 0 Å². The predicted molar refractivity (Wildman–Crippen MR) is 32.1 cm³/mol. The van der Waals surface area contributed by atoms with E-state index in [9.17, 15) is 0 Å². The Morgan fingerprint density at radius 1 is 1.00 bits per heavy atom. The molecule has 0 amide bonds. The van der Waals surface area contributed by atoms with Crippen molar-refractivity contribution in [3.05, 3.63) is 30.3 Å². The molecule has 8 heavy (non-hydrogen) atoms. The second kappa shape index (κ2) is 4.33. The molecule has 36 valence electrons. The molecule has 0 nitrogen and oxygen atoms in total. The Hall–Kier alpha value is 0.440. The van der Waals surface area contributed by atoms with Crippen LogP contribution in [0.1, 0.15) is 0 Å². The molecule has 1 rings (SSSR count). The quantitative estimate of drug-likeness (QED) is 0.309. The van der Waals surface area contributed by atoms with Crippen molar-refractivity contribution >= 4 is 12.6 Å².